The summed E-state index contributed by atoms with van der Waals surface area (Å²) in [7, 11) is 0. The topological polar surface area (TPSA) is 43.6 Å². The lowest BCUT2D eigenvalue weighted by atomic mass is 10.0. The van der Waals surface area contributed by atoms with Crippen LogP contribution in [-0.4, -0.2) is 19.5 Å². The van der Waals surface area contributed by atoms with Crippen molar-refractivity contribution in [3.05, 3.63) is 158 Å². The number of fused-ring (bicyclic) bond motifs is 5. The lowest BCUT2D eigenvalue weighted by Gasteiger charge is -2.11. The highest BCUT2D eigenvalue weighted by Crippen LogP contribution is 2.36. The lowest BCUT2D eigenvalue weighted by molar-refractivity contribution is 1.07. The Balaban J connectivity index is 1.19. The second-order valence-electron chi connectivity index (χ2n) is 11.4. The van der Waals surface area contributed by atoms with Crippen molar-refractivity contribution in [2.45, 2.75) is 0 Å². The maximum absolute atomic E-state index is 4.93. The van der Waals surface area contributed by atoms with E-state index in [-0.39, 0.29) is 0 Å². The van der Waals surface area contributed by atoms with Crippen LogP contribution in [0.3, 0.4) is 0 Å². The van der Waals surface area contributed by atoms with Crippen LogP contribution in [0.25, 0.3) is 83.2 Å². The van der Waals surface area contributed by atoms with E-state index in [9.17, 15) is 0 Å². The highest BCUT2D eigenvalue weighted by molar-refractivity contribution is 6.13. The number of hydrogen-bond acceptors (Lipinski definition) is 3. The van der Waals surface area contributed by atoms with Gasteiger partial charge in [0.15, 0.2) is 17.5 Å². The molecule has 0 aliphatic heterocycles. The monoisotopic (exact) mass is 574 g/mol. The minimum absolute atomic E-state index is 0.656. The van der Waals surface area contributed by atoms with Crippen molar-refractivity contribution in [3.8, 4) is 39.9 Å². The predicted molar refractivity (Wildman–Crippen MR) is 185 cm³/mol. The van der Waals surface area contributed by atoms with Gasteiger partial charge in [0.25, 0.3) is 0 Å². The fourth-order valence-electron chi connectivity index (χ4n) is 6.38. The summed E-state index contributed by atoms with van der Waals surface area (Å²) in [5, 5.41) is 7.30. The predicted octanol–water partition coefficient (Wildman–Crippen LogP) is 10.3. The second-order valence-corrected chi connectivity index (χ2v) is 11.4. The zero-order chi connectivity index (χ0) is 29.7. The maximum atomic E-state index is 4.93. The zero-order valence-corrected chi connectivity index (χ0v) is 24.3. The van der Waals surface area contributed by atoms with Crippen molar-refractivity contribution in [1.29, 1.82) is 0 Å². The smallest absolute Gasteiger partial charge is 0.164 e. The van der Waals surface area contributed by atoms with Crippen LogP contribution in [0.1, 0.15) is 0 Å². The quantitative estimate of drug-likeness (QED) is 0.210. The Morgan fingerprint density at radius 1 is 0.333 bits per heavy atom. The largest absolute Gasteiger partial charge is 0.309 e. The SMILES string of the molecule is c1ccc(-c2nc(-c3ccccc3)nc(-c3ccc4cc(-n5c6ccccc6c6cc7ccccc7cc65)ccc4c3)n2)cc1. The molecule has 0 unspecified atom stereocenters. The first-order chi connectivity index (χ1) is 22.3. The van der Waals surface area contributed by atoms with Crippen LogP contribution in [0.15, 0.2) is 158 Å². The average Bonchev–Trinajstić information content (AvgIpc) is 3.44. The summed E-state index contributed by atoms with van der Waals surface area (Å²) in [5.74, 6) is 1.98. The Morgan fingerprint density at radius 3 is 1.58 bits per heavy atom. The molecule has 0 fully saturated rings. The van der Waals surface area contributed by atoms with Gasteiger partial charge in [0.1, 0.15) is 0 Å². The molecule has 0 bridgehead atoms. The van der Waals surface area contributed by atoms with E-state index in [2.05, 4.69) is 102 Å². The highest BCUT2D eigenvalue weighted by Gasteiger charge is 2.15. The van der Waals surface area contributed by atoms with Gasteiger partial charge in [-0.3, -0.25) is 0 Å². The number of aromatic nitrogens is 4. The number of hydrogen-bond donors (Lipinski definition) is 0. The molecular formula is C41H26N4. The molecule has 0 spiro atoms. The van der Waals surface area contributed by atoms with Gasteiger partial charge >= 0.3 is 0 Å². The Morgan fingerprint density at radius 2 is 0.867 bits per heavy atom. The summed E-state index contributed by atoms with van der Waals surface area (Å²) in [5.41, 5.74) is 6.42. The van der Waals surface area contributed by atoms with Gasteiger partial charge in [-0.1, -0.05) is 121 Å². The van der Waals surface area contributed by atoms with Gasteiger partial charge in [0.05, 0.1) is 11.0 Å². The average molecular weight is 575 g/mol. The third kappa shape index (κ3) is 4.35. The highest BCUT2D eigenvalue weighted by atomic mass is 15.0. The third-order valence-electron chi connectivity index (χ3n) is 8.58. The first-order valence-corrected chi connectivity index (χ1v) is 15.1. The fourth-order valence-corrected chi connectivity index (χ4v) is 6.38. The van der Waals surface area contributed by atoms with Crippen molar-refractivity contribution in [1.82, 2.24) is 19.5 Å². The molecule has 0 aliphatic carbocycles. The van der Waals surface area contributed by atoms with Crippen LogP contribution < -0.4 is 0 Å². The van der Waals surface area contributed by atoms with Crippen LogP contribution in [0.4, 0.5) is 0 Å². The molecule has 0 aliphatic rings. The maximum Gasteiger partial charge on any atom is 0.164 e. The first-order valence-electron chi connectivity index (χ1n) is 15.1. The molecule has 9 rings (SSSR count). The molecule has 210 valence electrons. The molecule has 4 nitrogen and oxygen atoms in total. The summed E-state index contributed by atoms with van der Waals surface area (Å²) >= 11 is 0. The van der Waals surface area contributed by atoms with Crippen LogP contribution in [0, 0.1) is 0 Å². The fraction of sp³-hybridized carbons (Fsp3) is 0. The minimum atomic E-state index is 0.656. The second kappa shape index (κ2) is 10.2. The van der Waals surface area contributed by atoms with Gasteiger partial charge < -0.3 is 4.57 Å². The van der Waals surface area contributed by atoms with Gasteiger partial charge in [-0.2, -0.15) is 0 Å². The summed E-state index contributed by atoms with van der Waals surface area (Å²) < 4.78 is 2.38. The molecule has 7 aromatic carbocycles. The van der Waals surface area contributed by atoms with Crippen molar-refractivity contribution in [2.24, 2.45) is 0 Å². The van der Waals surface area contributed by atoms with Gasteiger partial charge in [0, 0.05) is 33.2 Å². The molecule has 0 amide bonds. The van der Waals surface area contributed by atoms with Crippen LogP contribution in [-0.2, 0) is 0 Å². The van der Waals surface area contributed by atoms with Crippen molar-refractivity contribution < 1.29 is 0 Å². The Hall–Kier alpha value is -6.13. The number of nitrogens with zero attached hydrogens (tertiary/aromatic N) is 4. The lowest BCUT2D eigenvalue weighted by Crippen LogP contribution is -2.00. The van der Waals surface area contributed by atoms with Gasteiger partial charge in [-0.15, -0.1) is 0 Å². The molecule has 45 heavy (non-hydrogen) atoms. The van der Waals surface area contributed by atoms with E-state index in [1.54, 1.807) is 0 Å². The van der Waals surface area contributed by atoms with Crippen LogP contribution in [0.2, 0.25) is 0 Å². The molecule has 0 N–H and O–H groups in total. The minimum Gasteiger partial charge on any atom is -0.309 e. The van der Waals surface area contributed by atoms with E-state index in [0.717, 1.165) is 33.2 Å². The Labute approximate surface area is 259 Å². The molecule has 0 atom stereocenters. The van der Waals surface area contributed by atoms with Crippen LogP contribution in [0.5, 0.6) is 0 Å². The van der Waals surface area contributed by atoms with Gasteiger partial charge in [-0.25, -0.2) is 15.0 Å². The summed E-state index contributed by atoms with van der Waals surface area (Å²) in [6, 6.07) is 55.2. The normalized spacial score (nSPS) is 11.6. The standard InChI is InChI=1S/C41H26N4/c1-3-11-27(12-4-1)39-42-40(28-13-5-2-6-14-28)44-41(43-39)33-20-19-32-24-34(22-21-31(32)23-33)45-37-18-10-9-17-35(37)36-25-29-15-7-8-16-30(29)26-38(36)45/h1-26H. The number of benzene rings is 7. The molecule has 0 saturated heterocycles. The summed E-state index contributed by atoms with van der Waals surface area (Å²) in [4.78, 5) is 14.7. The van der Waals surface area contributed by atoms with Crippen LogP contribution >= 0.6 is 0 Å². The molecule has 9 aromatic rings. The Bertz CT molecular complexity index is 2470. The molecule has 4 heteroatoms. The van der Waals surface area contributed by atoms with Gasteiger partial charge in [-0.05, 0) is 57.9 Å². The first kappa shape index (κ1) is 25.4. The van der Waals surface area contributed by atoms with E-state index < -0.39 is 0 Å². The molecule has 2 heterocycles. The van der Waals surface area contributed by atoms with E-state index in [0.29, 0.717) is 17.5 Å². The molecule has 0 radical (unpaired) electrons. The molecule has 2 aromatic heterocycles. The van der Waals surface area contributed by atoms with Crippen molar-refractivity contribution in [2.75, 3.05) is 0 Å². The zero-order valence-electron chi connectivity index (χ0n) is 24.3. The number of rotatable bonds is 4. The van der Waals surface area contributed by atoms with Gasteiger partial charge in [0.2, 0.25) is 0 Å². The third-order valence-corrected chi connectivity index (χ3v) is 8.58. The van der Waals surface area contributed by atoms with E-state index in [1.165, 1.54) is 32.6 Å². The van der Waals surface area contributed by atoms with Crippen molar-refractivity contribution >= 4 is 43.4 Å². The van der Waals surface area contributed by atoms with E-state index >= 15 is 0 Å². The summed E-state index contributed by atoms with van der Waals surface area (Å²) in [6.07, 6.45) is 0. The van der Waals surface area contributed by atoms with Crippen molar-refractivity contribution in [3.63, 3.8) is 0 Å². The number of para-hydroxylation sites is 1. The molecular weight excluding hydrogens is 548 g/mol. The molecule has 0 saturated carbocycles. The van der Waals surface area contributed by atoms with E-state index in [1.807, 2.05) is 60.7 Å². The summed E-state index contributed by atoms with van der Waals surface area (Å²) in [6.45, 7) is 0. The van der Waals surface area contributed by atoms with E-state index in [4.69, 9.17) is 15.0 Å². The Kier molecular flexibility index (Phi) is 5.78.